The number of hydrogen-bond donors (Lipinski definition) is 1. The molecule has 3 nitrogen and oxygen atoms in total. The van der Waals surface area contributed by atoms with Crippen LogP contribution in [-0.2, 0) is 0 Å². The van der Waals surface area contributed by atoms with Gasteiger partial charge in [0.15, 0.2) is 0 Å². The normalized spacial score (nSPS) is 35.6. The third-order valence-electron chi connectivity index (χ3n) is 4.21. The van der Waals surface area contributed by atoms with Crippen molar-refractivity contribution in [2.75, 3.05) is 39.8 Å². The van der Waals surface area contributed by atoms with Crippen LogP contribution in [0.2, 0.25) is 0 Å². The molecule has 3 rings (SSSR count). The first-order chi connectivity index (χ1) is 7.70. The summed E-state index contributed by atoms with van der Waals surface area (Å²) < 4.78 is 0. The Balaban J connectivity index is 1.88. The molecule has 0 radical (unpaired) electrons. The highest BCUT2D eigenvalue weighted by molar-refractivity contribution is 4.94. The molecule has 3 heterocycles. The van der Waals surface area contributed by atoms with Crippen LogP contribution in [0.3, 0.4) is 0 Å². The van der Waals surface area contributed by atoms with Gasteiger partial charge in [-0.05, 0) is 25.8 Å². The van der Waals surface area contributed by atoms with E-state index in [1.165, 1.54) is 45.6 Å². The molecule has 0 aromatic carbocycles. The van der Waals surface area contributed by atoms with E-state index >= 15 is 0 Å². The summed E-state index contributed by atoms with van der Waals surface area (Å²) in [5, 5.41) is 3.54. The van der Waals surface area contributed by atoms with Crippen molar-refractivity contribution in [3.63, 3.8) is 0 Å². The molecule has 94 valence electrons. The van der Waals surface area contributed by atoms with E-state index < -0.39 is 0 Å². The second-order valence-corrected chi connectivity index (χ2v) is 5.77. The topological polar surface area (TPSA) is 18.5 Å². The highest BCUT2D eigenvalue weighted by Crippen LogP contribution is 2.21. The van der Waals surface area contributed by atoms with Crippen LogP contribution in [0, 0.1) is 5.92 Å². The lowest BCUT2D eigenvalue weighted by Crippen LogP contribution is -2.66. The van der Waals surface area contributed by atoms with Gasteiger partial charge in [0.1, 0.15) is 0 Å². The van der Waals surface area contributed by atoms with E-state index in [0.717, 1.165) is 12.0 Å². The maximum Gasteiger partial charge on any atom is 0.0377 e. The maximum absolute atomic E-state index is 3.54. The number of nitrogens with zero attached hydrogens (tertiary/aromatic N) is 2. The van der Waals surface area contributed by atoms with Gasteiger partial charge in [0.2, 0.25) is 0 Å². The van der Waals surface area contributed by atoms with E-state index in [9.17, 15) is 0 Å². The van der Waals surface area contributed by atoms with Crippen LogP contribution >= 0.6 is 0 Å². The van der Waals surface area contributed by atoms with Gasteiger partial charge < -0.3 is 5.32 Å². The molecular weight excluding hydrogens is 198 g/mol. The second-order valence-electron chi connectivity index (χ2n) is 5.77. The number of rotatable bonds is 5. The molecule has 3 aliphatic heterocycles. The molecule has 3 aliphatic rings. The smallest absolute Gasteiger partial charge is 0.0377 e. The van der Waals surface area contributed by atoms with Crippen LogP contribution in [0.25, 0.3) is 0 Å². The van der Waals surface area contributed by atoms with Gasteiger partial charge in [-0.3, -0.25) is 9.80 Å². The van der Waals surface area contributed by atoms with Gasteiger partial charge in [-0.25, -0.2) is 0 Å². The van der Waals surface area contributed by atoms with Crippen molar-refractivity contribution < 1.29 is 0 Å². The lowest BCUT2D eigenvalue weighted by molar-refractivity contribution is -0.00401. The molecule has 3 fully saturated rings. The minimum atomic E-state index is 0.686. The lowest BCUT2D eigenvalue weighted by Gasteiger charge is -2.50. The van der Waals surface area contributed by atoms with Gasteiger partial charge in [0.05, 0.1) is 0 Å². The predicted octanol–water partition coefficient (Wildman–Crippen LogP) is 1.01. The fraction of sp³-hybridized carbons (Fsp3) is 1.00. The van der Waals surface area contributed by atoms with Crippen LogP contribution in [0.15, 0.2) is 0 Å². The summed E-state index contributed by atoms with van der Waals surface area (Å²) in [5.74, 6) is 0.826. The molecule has 0 spiro atoms. The average Bonchev–Trinajstić information content (AvgIpc) is 2.31. The van der Waals surface area contributed by atoms with Crippen molar-refractivity contribution >= 4 is 0 Å². The van der Waals surface area contributed by atoms with Gasteiger partial charge >= 0.3 is 0 Å². The maximum atomic E-state index is 3.54. The summed E-state index contributed by atoms with van der Waals surface area (Å²) in [6, 6.07) is 1.44. The summed E-state index contributed by atoms with van der Waals surface area (Å²) in [5.41, 5.74) is 0. The molecule has 2 unspecified atom stereocenters. The van der Waals surface area contributed by atoms with Crippen molar-refractivity contribution in [2.24, 2.45) is 5.92 Å². The Morgan fingerprint density at radius 1 is 1.12 bits per heavy atom. The Labute approximate surface area is 100 Å². The number of likely N-dealkylation sites (N-methyl/N-ethyl adjacent to an activating group) is 1. The molecule has 3 saturated heterocycles. The summed E-state index contributed by atoms with van der Waals surface area (Å²) in [6.45, 7) is 11.1. The number of fused-ring (bicyclic) bond motifs is 3. The third kappa shape index (κ3) is 2.76. The molecule has 0 saturated carbocycles. The van der Waals surface area contributed by atoms with Crippen molar-refractivity contribution in [3.8, 4) is 0 Å². The van der Waals surface area contributed by atoms with Crippen LogP contribution in [-0.4, -0.2) is 61.7 Å². The Morgan fingerprint density at radius 2 is 1.81 bits per heavy atom. The molecule has 1 N–H and O–H groups in total. The summed E-state index contributed by atoms with van der Waals surface area (Å²) in [7, 11) is 2.13. The number of hydrogen-bond acceptors (Lipinski definition) is 3. The third-order valence-corrected chi connectivity index (χ3v) is 4.21. The summed E-state index contributed by atoms with van der Waals surface area (Å²) >= 11 is 0. The zero-order chi connectivity index (χ0) is 11.5. The van der Waals surface area contributed by atoms with E-state index in [0.29, 0.717) is 6.04 Å². The minimum Gasteiger partial charge on any atom is -0.315 e. The number of nitrogens with one attached hydrogen (secondary N) is 1. The second kappa shape index (κ2) is 5.48. The van der Waals surface area contributed by atoms with Gasteiger partial charge in [-0.2, -0.15) is 0 Å². The molecule has 3 heteroatoms. The lowest BCUT2D eigenvalue weighted by atomic mass is 9.94. The van der Waals surface area contributed by atoms with Crippen LogP contribution in [0.5, 0.6) is 0 Å². The van der Waals surface area contributed by atoms with Gasteiger partial charge in [-0.1, -0.05) is 13.8 Å². The Hall–Kier alpha value is -0.120. The molecule has 2 atom stereocenters. The largest absolute Gasteiger partial charge is 0.315 e. The first-order valence-corrected chi connectivity index (χ1v) is 6.84. The average molecular weight is 225 g/mol. The highest BCUT2D eigenvalue weighted by Gasteiger charge is 2.35. The van der Waals surface area contributed by atoms with Gasteiger partial charge in [0, 0.05) is 44.8 Å². The van der Waals surface area contributed by atoms with Crippen LogP contribution in [0.4, 0.5) is 0 Å². The van der Waals surface area contributed by atoms with E-state index in [1.807, 2.05) is 0 Å². The molecule has 0 aliphatic carbocycles. The summed E-state index contributed by atoms with van der Waals surface area (Å²) in [6.07, 6.45) is 2.67. The molecule has 0 aromatic heterocycles. The fourth-order valence-corrected chi connectivity index (χ4v) is 3.08. The predicted molar refractivity (Wildman–Crippen MR) is 68.7 cm³/mol. The SMILES string of the molecule is CNC(CCC(C)C)C1CN2CCN1CC2. The first kappa shape index (κ1) is 12.3. The van der Waals surface area contributed by atoms with Crippen LogP contribution in [0.1, 0.15) is 26.7 Å². The highest BCUT2D eigenvalue weighted by atomic mass is 15.4. The summed E-state index contributed by atoms with van der Waals surface area (Å²) in [4.78, 5) is 5.33. The van der Waals surface area contributed by atoms with E-state index in [-0.39, 0.29) is 0 Å². The van der Waals surface area contributed by atoms with Crippen molar-refractivity contribution in [1.29, 1.82) is 0 Å². The van der Waals surface area contributed by atoms with Gasteiger partial charge in [0.25, 0.3) is 0 Å². The van der Waals surface area contributed by atoms with Gasteiger partial charge in [-0.15, -0.1) is 0 Å². The molecule has 2 bridgehead atoms. The molecular formula is C13H27N3. The molecule has 16 heavy (non-hydrogen) atoms. The Kier molecular flexibility index (Phi) is 4.22. The van der Waals surface area contributed by atoms with E-state index in [1.54, 1.807) is 0 Å². The Morgan fingerprint density at radius 3 is 2.25 bits per heavy atom. The van der Waals surface area contributed by atoms with Crippen LogP contribution < -0.4 is 5.32 Å². The molecule has 0 aromatic rings. The minimum absolute atomic E-state index is 0.686. The zero-order valence-electron chi connectivity index (χ0n) is 11.1. The Bertz CT molecular complexity index is 209. The quantitative estimate of drug-likeness (QED) is 0.753. The van der Waals surface area contributed by atoms with E-state index in [2.05, 4.69) is 36.0 Å². The van der Waals surface area contributed by atoms with Crippen molar-refractivity contribution in [2.45, 2.75) is 38.8 Å². The monoisotopic (exact) mass is 225 g/mol. The fourth-order valence-electron chi connectivity index (χ4n) is 3.08. The first-order valence-electron chi connectivity index (χ1n) is 6.84. The van der Waals surface area contributed by atoms with E-state index in [4.69, 9.17) is 0 Å². The zero-order valence-corrected chi connectivity index (χ0v) is 11.1. The molecule has 0 amide bonds. The van der Waals surface area contributed by atoms with Crippen molar-refractivity contribution in [3.05, 3.63) is 0 Å². The van der Waals surface area contributed by atoms with Crippen molar-refractivity contribution in [1.82, 2.24) is 15.1 Å². The standard InChI is InChI=1S/C13H27N3/c1-11(2)4-5-12(14-3)13-10-15-6-8-16(13)9-7-15/h11-14H,4-10H2,1-3H3. The number of piperazine rings is 3.